The van der Waals surface area contributed by atoms with Crippen LogP contribution in [0.1, 0.15) is 37.2 Å². The normalized spacial score (nSPS) is 12.4. The summed E-state index contributed by atoms with van der Waals surface area (Å²) in [6, 6.07) is 20.0. The van der Waals surface area contributed by atoms with Crippen LogP contribution in [0.15, 0.2) is 73.1 Å². The summed E-state index contributed by atoms with van der Waals surface area (Å²) in [6.45, 7) is 11.6. The van der Waals surface area contributed by atoms with Gasteiger partial charge in [-0.05, 0) is 0 Å². The second-order valence-electron chi connectivity index (χ2n) is 7.87. The molecule has 2 aromatic heterocycles. The minimum atomic E-state index is -0.177. The van der Waals surface area contributed by atoms with Crippen LogP contribution in [0.5, 0.6) is 0 Å². The molecule has 4 aromatic rings. The van der Waals surface area contributed by atoms with Crippen LogP contribution in [-0.2, 0) is 14.1 Å². The van der Waals surface area contributed by atoms with Crippen LogP contribution < -0.4 is 5.73 Å². The lowest BCUT2D eigenvalue weighted by Crippen LogP contribution is -2.09. The van der Waals surface area contributed by atoms with Crippen LogP contribution in [0.25, 0.3) is 27.6 Å². The average Bonchev–Trinajstić information content (AvgIpc) is 3.42. The SMILES string of the molecule is CC(CN)c1cn(C)c(-c2ccccc2)n1.[C-]#[N+]C(C)c1cn(C)c(-c2ccccc2)n1. The summed E-state index contributed by atoms with van der Waals surface area (Å²) in [5.74, 6) is 2.21. The molecule has 2 atom stereocenters. The number of benzene rings is 2. The van der Waals surface area contributed by atoms with Crippen molar-refractivity contribution in [1.29, 1.82) is 0 Å². The van der Waals surface area contributed by atoms with Gasteiger partial charge in [0.25, 0.3) is 6.04 Å². The maximum atomic E-state index is 7.01. The van der Waals surface area contributed by atoms with Crippen molar-refractivity contribution in [2.45, 2.75) is 25.8 Å². The van der Waals surface area contributed by atoms with Gasteiger partial charge in [0.15, 0.2) is 0 Å². The molecule has 0 aliphatic heterocycles. The standard InChI is InChI=1S/C13H13N3.C13H17N3/c1-10(14-2)12-9-16(3)13(15-12)11-7-5-4-6-8-11;1-10(8-14)12-9-16(2)13(15-12)11-6-4-3-5-7-11/h4-10H,1,3H3;3-7,9-10H,8,14H2,1-2H3. The largest absolute Gasteiger partial charge is 0.334 e. The van der Waals surface area contributed by atoms with E-state index in [2.05, 4.69) is 44.6 Å². The van der Waals surface area contributed by atoms with Crippen LogP contribution in [-0.4, -0.2) is 25.6 Å². The molecule has 2 heterocycles. The van der Waals surface area contributed by atoms with E-state index in [0.717, 1.165) is 34.2 Å². The van der Waals surface area contributed by atoms with E-state index in [4.69, 9.17) is 12.3 Å². The van der Waals surface area contributed by atoms with E-state index in [-0.39, 0.29) is 6.04 Å². The maximum Gasteiger partial charge on any atom is 0.264 e. The lowest BCUT2D eigenvalue weighted by Gasteiger charge is -2.02. The molecule has 32 heavy (non-hydrogen) atoms. The molecule has 0 aliphatic rings. The number of aromatic nitrogens is 4. The smallest absolute Gasteiger partial charge is 0.264 e. The zero-order valence-electron chi connectivity index (χ0n) is 19.1. The first-order valence-corrected chi connectivity index (χ1v) is 10.7. The van der Waals surface area contributed by atoms with Crippen molar-refractivity contribution >= 4 is 0 Å². The van der Waals surface area contributed by atoms with Gasteiger partial charge < -0.3 is 19.7 Å². The van der Waals surface area contributed by atoms with E-state index >= 15 is 0 Å². The molecule has 0 radical (unpaired) electrons. The summed E-state index contributed by atoms with van der Waals surface area (Å²) in [4.78, 5) is 12.6. The van der Waals surface area contributed by atoms with Crippen LogP contribution in [0, 0.1) is 6.57 Å². The van der Waals surface area contributed by atoms with Gasteiger partial charge in [0.1, 0.15) is 17.3 Å². The molecule has 2 N–H and O–H groups in total. The Morgan fingerprint density at radius 2 is 1.25 bits per heavy atom. The number of imidazole rings is 2. The minimum absolute atomic E-state index is 0.177. The van der Waals surface area contributed by atoms with Crippen molar-refractivity contribution in [3.05, 3.63) is 95.9 Å². The second kappa shape index (κ2) is 10.6. The van der Waals surface area contributed by atoms with Gasteiger partial charge in [-0.15, -0.1) is 0 Å². The zero-order valence-corrected chi connectivity index (χ0v) is 19.1. The molecule has 0 spiro atoms. The highest BCUT2D eigenvalue weighted by atomic mass is 15.1. The number of aryl methyl sites for hydroxylation is 2. The van der Waals surface area contributed by atoms with Crippen LogP contribution >= 0.6 is 0 Å². The molecule has 0 amide bonds. The highest BCUT2D eigenvalue weighted by Gasteiger charge is 2.15. The topological polar surface area (TPSA) is 66.0 Å². The molecular formula is C26H30N6. The molecule has 6 nitrogen and oxygen atoms in total. The van der Waals surface area contributed by atoms with Crippen molar-refractivity contribution in [1.82, 2.24) is 19.1 Å². The molecule has 6 heteroatoms. The Bertz CT molecular complexity index is 1170. The Morgan fingerprint density at radius 3 is 1.69 bits per heavy atom. The molecule has 2 unspecified atom stereocenters. The monoisotopic (exact) mass is 426 g/mol. The first-order chi connectivity index (χ1) is 15.4. The Morgan fingerprint density at radius 1 is 0.812 bits per heavy atom. The van der Waals surface area contributed by atoms with Crippen molar-refractivity contribution < 1.29 is 0 Å². The van der Waals surface area contributed by atoms with Crippen LogP contribution in [0.3, 0.4) is 0 Å². The van der Waals surface area contributed by atoms with E-state index in [1.165, 1.54) is 0 Å². The summed E-state index contributed by atoms with van der Waals surface area (Å²) in [5.41, 5.74) is 9.76. The number of rotatable bonds is 5. The van der Waals surface area contributed by atoms with Gasteiger partial charge in [0.05, 0.1) is 5.69 Å². The highest BCUT2D eigenvalue weighted by molar-refractivity contribution is 5.56. The fourth-order valence-corrected chi connectivity index (χ4v) is 3.32. The van der Waals surface area contributed by atoms with E-state index in [9.17, 15) is 0 Å². The van der Waals surface area contributed by atoms with Crippen molar-refractivity contribution in [3.63, 3.8) is 0 Å². The molecule has 4 rings (SSSR count). The van der Waals surface area contributed by atoms with Gasteiger partial charge in [-0.3, -0.25) is 0 Å². The number of hydrogen-bond donors (Lipinski definition) is 1. The van der Waals surface area contributed by atoms with Crippen LogP contribution in [0.2, 0.25) is 0 Å². The molecule has 0 fully saturated rings. The Kier molecular flexibility index (Phi) is 7.58. The lowest BCUT2D eigenvalue weighted by atomic mass is 10.1. The lowest BCUT2D eigenvalue weighted by molar-refractivity contribution is 0.749. The van der Waals surface area contributed by atoms with Crippen molar-refractivity contribution in [3.8, 4) is 22.8 Å². The average molecular weight is 427 g/mol. The third-order valence-electron chi connectivity index (χ3n) is 5.33. The third-order valence-corrected chi connectivity index (χ3v) is 5.33. The summed E-state index contributed by atoms with van der Waals surface area (Å²) < 4.78 is 4.02. The second-order valence-corrected chi connectivity index (χ2v) is 7.87. The maximum absolute atomic E-state index is 7.01. The van der Waals surface area contributed by atoms with Crippen molar-refractivity contribution in [2.24, 2.45) is 19.8 Å². The predicted molar refractivity (Wildman–Crippen MR) is 130 cm³/mol. The zero-order chi connectivity index (χ0) is 23.1. The molecule has 2 aromatic carbocycles. The van der Waals surface area contributed by atoms with E-state index in [1.54, 1.807) is 0 Å². The van der Waals surface area contributed by atoms with Crippen molar-refractivity contribution in [2.75, 3.05) is 6.54 Å². The summed E-state index contributed by atoms with van der Waals surface area (Å²) in [5, 5.41) is 0. The fraction of sp³-hybridized carbons (Fsp3) is 0.269. The molecular weight excluding hydrogens is 396 g/mol. The molecule has 164 valence electrons. The summed E-state index contributed by atoms with van der Waals surface area (Å²) >= 11 is 0. The van der Waals surface area contributed by atoms with Gasteiger partial charge in [-0.2, -0.15) is 0 Å². The Balaban J connectivity index is 0.000000181. The molecule has 0 saturated carbocycles. The first-order valence-electron chi connectivity index (χ1n) is 10.7. The quantitative estimate of drug-likeness (QED) is 0.445. The predicted octanol–water partition coefficient (Wildman–Crippen LogP) is 5.22. The number of hydrogen-bond acceptors (Lipinski definition) is 3. The minimum Gasteiger partial charge on any atom is -0.334 e. The van der Waals surface area contributed by atoms with E-state index < -0.39 is 0 Å². The van der Waals surface area contributed by atoms with Gasteiger partial charge in [-0.1, -0.05) is 67.6 Å². The third kappa shape index (κ3) is 5.32. The van der Waals surface area contributed by atoms with Gasteiger partial charge in [0.2, 0.25) is 0 Å². The van der Waals surface area contributed by atoms with Gasteiger partial charge >= 0.3 is 0 Å². The summed E-state index contributed by atoms with van der Waals surface area (Å²) in [6.07, 6.45) is 3.98. The van der Waals surface area contributed by atoms with E-state index in [0.29, 0.717) is 12.5 Å². The fourth-order valence-electron chi connectivity index (χ4n) is 3.32. The first kappa shape index (κ1) is 23.0. The number of nitrogens with zero attached hydrogens (tertiary/aromatic N) is 5. The Hall–Kier alpha value is -3.69. The Labute approximate surface area is 190 Å². The van der Waals surface area contributed by atoms with E-state index in [1.807, 2.05) is 80.3 Å². The molecule has 0 aliphatic carbocycles. The summed E-state index contributed by atoms with van der Waals surface area (Å²) in [7, 11) is 3.97. The van der Waals surface area contributed by atoms with Crippen LogP contribution in [0.4, 0.5) is 0 Å². The van der Waals surface area contributed by atoms with Gasteiger partial charge in [0, 0.05) is 57.0 Å². The number of nitrogens with two attached hydrogens (primary N) is 1. The highest BCUT2D eigenvalue weighted by Crippen LogP contribution is 2.22. The molecule has 0 bridgehead atoms. The molecule has 0 saturated heterocycles. The van der Waals surface area contributed by atoms with Gasteiger partial charge in [-0.25, -0.2) is 16.5 Å².